The lowest BCUT2D eigenvalue weighted by atomic mass is 10.2. The van der Waals surface area contributed by atoms with Crippen molar-refractivity contribution in [2.75, 3.05) is 13.7 Å². The third kappa shape index (κ3) is 1.81. The molecule has 1 heterocycles. The van der Waals surface area contributed by atoms with Crippen LogP contribution in [0.15, 0.2) is 24.0 Å². The lowest BCUT2D eigenvalue weighted by Gasteiger charge is -2.35. The molecule has 6 heteroatoms. The first-order chi connectivity index (χ1) is 6.49. The molecule has 1 unspecified atom stereocenters. The molecule has 1 aliphatic heterocycles. The van der Waals surface area contributed by atoms with Crippen LogP contribution in [0.4, 0.5) is 0 Å². The van der Waals surface area contributed by atoms with Crippen LogP contribution in [0.25, 0.3) is 0 Å². The van der Waals surface area contributed by atoms with Crippen molar-refractivity contribution in [2.24, 2.45) is 5.73 Å². The van der Waals surface area contributed by atoms with E-state index in [1.807, 2.05) is 0 Å². The topological polar surface area (TPSA) is 92.4 Å². The molecule has 6 nitrogen and oxygen atoms in total. The van der Waals surface area contributed by atoms with Crippen LogP contribution in [-0.4, -0.2) is 30.2 Å². The van der Waals surface area contributed by atoms with Gasteiger partial charge in [-0.1, -0.05) is 0 Å². The number of carbonyl (C=O) groups excluding carboxylic acids is 2. The predicted octanol–water partition coefficient (Wildman–Crippen LogP) is -0.630. The zero-order valence-corrected chi connectivity index (χ0v) is 7.60. The Morgan fingerprint density at radius 3 is 2.93 bits per heavy atom. The van der Waals surface area contributed by atoms with Gasteiger partial charge >= 0.3 is 11.9 Å². The number of carbonyl (C=O) groups is 2. The number of rotatable bonds is 2. The Morgan fingerprint density at radius 2 is 2.36 bits per heavy atom. The number of ether oxygens (including phenoxy) is 1. The highest BCUT2D eigenvalue weighted by molar-refractivity contribution is 5.90. The second-order valence-electron chi connectivity index (χ2n) is 2.80. The largest absolute Gasteiger partial charge is 0.619 e. The van der Waals surface area contributed by atoms with Crippen LogP contribution >= 0.6 is 0 Å². The van der Waals surface area contributed by atoms with Gasteiger partial charge in [-0.05, 0) is 12.2 Å². The van der Waals surface area contributed by atoms with E-state index in [1.54, 1.807) is 0 Å². The summed E-state index contributed by atoms with van der Waals surface area (Å²) in [6, 6.07) is 0. The zero-order chi connectivity index (χ0) is 10.8. The standard InChI is InChI=1S/C8H10N2O4/c1-14-7(11)5-10(13)4-2-3-6(9)8(10)12/h2-4H,5,9H2,1H3. The Hall–Kier alpha value is -1.66. The van der Waals surface area contributed by atoms with Crippen molar-refractivity contribution in [1.82, 2.24) is 0 Å². The lowest BCUT2D eigenvalue weighted by molar-refractivity contribution is -0.739. The van der Waals surface area contributed by atoms with E-state index in [-0.39, 0.29) is 5.70 Å². The molecule has 0 saturated carbocycles. The minimum absolute atomic E-state index is 0.161. The van der Waals surface area contributed by atoms with Crippen molar-refractivity contribution in [1.29, 1.82) is 0 Å². The van der Waals surface area contributed by atoms with Crippen molar-refractivity contribution in [3.8, 4) is 0 Å². The molecular formula is C8H10N2O4. The Labute approximate surface area is 80.4 Å². The van der Waals surface area contributed by atoms with Crippen molar-refractivity contribution in [3.63, 3.8) is 0 Å². The minimum atomic E-state index is -1.42. The van der Waals surface area contributed by atoms with Crippen LogP contribution < -0.4 is 5.73 Å². The molecule has 0 aromatic rings. The van der Waals surface area contributed by atoms with Gasteiger partial charge in [0.2, 0.25) is 0 Å². The number of hydrogen-bond donors (Lipinski definition) is 1. The van der Waals surface area contributed by atoms with E-state index in [0.717, 1.165) is 13.3 Å². The smallest absolute Gasteiger partial charge is 0.366 e. The first-order valence-electron chi connectivity index (χ1n) is 3.85. The zero-order valence-electron chi connectivity index (χ0n) is 7.60. The van der Waals surface area contributed by atoms with Crippen molar-refractivity contribution in [2.45, 2.75) is 0 Å². The molecule has 0 aromatic carbocycles. The maximum atomic E-state index is 11.7. The second-order valence-corrected chi connectivity index (χ2v) is 2.80. The van der Waals surface area contributed by atoms with Gasteiger partial charge in [0, 0.05) is 0 Å². The highest BCUT2D eigenvalue weighted by Gasteiger charge is 2.32. The maximum absolute atomic E-state index is 11.7. The van der Waals surface area contributed by atoms with E-state index < -0.39 is 23.1 Å². The summed E-state index contributed by atoms with van der Waals surface area (Å²) in [7, 11) is 1.14. The monoisotopic (exact) mass is 198 g/mol. The molecule has 2 N–H and O–H groups in total. The summed E-state index contributed by atoms with van der Waals surface area (Å²) in [6.45, 7) is -0.597. The fraction of sp³-hybridized carbons (Fsp3) is 0.250. The maximum Gasteiger partial charge on any atom is 0.366 e. The van der Waals surface area contributed by atoms with Gasteiger partial charge in [0.05, 0.1) is 7.11 Å². The van der Waals surface area contributed by atoms with E-state index in [0.29, 0.717) is 0 Å². The van der Waals surface area contributed by atoms with Gasteiger partial charge in [0.15, 0.2) is 6.54 Å². The SMILES string of the molecule is COC(=O)C[N+]1([O-])C=CC=C(N)C1=O. The third-order valence-electron chi connectivity index (χ3n) is 1.79. The molecule has 0 aromatic heterocycles. The van der Waals surface area contributed by atoms with Crippen LogP contribution in [0, 0.1) is 5.21 Å². The van der Waals surface area contributed by atoms with Crippen molar-refractivity contribution < 1.29 is 19.0 Å². The van der Waals surface area contributed by atoms with E-state index in [9.17, 15) is 14.8 Å². The Morgan fingerprint density at radius 1 is 1.71 bits per heavy atom. The van der Waals surface area contributed by atoms with Gasteiger partial charge in [-0.3, -0.25) is 4.65 Å². The van der Waals surface area contributed by atoms with E-state index in [2.05, 4.69) is 4.74 Å². The summed E-state index contributed by atoms with van der Waals surface area (Å²) >= 11 is 0. The fourth-order valence-corrected chi connectivity index (χ4v) is 1.02. The quantitative estimate of drug-likeness (QED) is 0.362. The van der Waals surface area contributed by atoms with Crippen LogP contribution in [-0.2, 0) is 14.3 Å². The normalized spacial score (nSPS) is 25.9. The van der Waals surface area contributed by atoms with Crippen LogP contribution in [0.2, 0.25) is 0 Å². The molecule has 14 heavy (non-hydrogen) atoms. The minimum Gasteiger partial charge on any atom is -0.619 e. The number of amides is 1. The Bertz CT molecular complexity index is 334. The van der Waals surface area contributed by atoms with E-state index >= 15 is 0 Å². The highest BCUT2D eigenvalue weighted by Crippen LogP contribution is 2.15. The number of nitrogens with zero attached hydrogens (tertiary/aromatic N) is 1. The molecule has 0 spiro atoms. The van der Waals surface area contributed by atoms with Gasteiger partial charge in [-0.15, -0.1) is 0 Å². The number of quaternary nitrogens is 1. The van der Waals surface area contributed by atoms with Gasteiger partial charge in [-0.2, -0.15) is 0 Å². The highest BCUT2D eigenvalue weighted by atomic mass is 16.6. The molecule has 1 atom stereocenters. The summed E-state index contributed by atoms with van der Waals surface area (Å²) in [5.41, 5.74) is 5.10. The van der Waals surface area contributed by atoms with Crippen LogP contribution in [0.3, 0.4) is 0 Å². The molecule has 0 saturated heterocycles. The van der Waals surface area contributed by atoms with E-state index in [1.165, 1.54) is 12.2 Å². The average molecular weight is 198 g/mol. The molecule has 0 radical (unpaired) electrons. The second kappa shape index (κ2) is 3.60. The fourth-order valence-electron chi connectivity index (χ4n) is 1.02. The molecule has 0 fully saturated rings. The number of nitrogens with two attached hydrogens (primary N) is 1. The van der Waals surface area contributed by atoms with Crippen LogP contribution in [0.5, 0.6) is 0 Å². The van der Waals surface area contributed by atoms with Gasteiger partial charge in [0.25, 0.3) is 0 Å². The third-order valence-corrected chi connectivity index (χ3v) is 1.79. The number of esters is 1. The Kier molecular flexibility index (Phi) is 2.68. The first kappa shape index (κ1) is 10.4. The van der Waals surface area contributed by atoms with Crippen LogP contribution in [0.1, 0.15) is 0 Å². The van der Waals surface area contributed by atoms with Gasteiger partial charge in [-0.25, -0.2) is 9.59 Å². The van der Waals surface area contributed by atoms with Crippen molar-refractivity contribution in [3.05, 3.63) is 29.3 Å². The summed E-state index contributed by atoms with van der Waals surface area (Å²) in [5, 5.41) is 11.7. The van der Waals surface area contributed by atoms with Gasteiger partial charge < -0.3 is 15.7 Å². The predicted molar refractivity (Wildman–Crippen MR) is 46.9 cm³/mol. The Balaban J connectivity index is 2.86. The molecule has 76 valence electrons. The summed E-state index contributed by atoms with van der Waals surface area (Å²) in [5.74, 6) is -1.61. The summed E-state index contributed by atoms with van der Waals surface area (Å²) in [6.07, 6.45) is 3.70. The molecular weight excluding hydrogens is 188 g/mol. The first-order valence-corrected chi connectivity index (χ1v) is 3.85. The number of hydroxylamine groups is 3. The summed E-state index contributed by atoms with van der Waals surface area (Å²) < 4.78 is 2.88. The molecule has 1 amide bonds. The van der Waals surface area contributed by atoms with Crippen molar-refractivity contribution >= 4 is 11.9 Å². The molecule has 1 aliphatic rings. The summed E-state index contributed by atoms with van der Waals surface area (Å²) in [4.78, 5) is 22.2. The number of allylic oxidation sites excluding steroid dienone is 2. The molecule has 0 aliphatic carbocycles. The van der Waals surface area contributed by atoms with E-state index in [4.69, 9.17) is 5.73 Å². The number of methoxy groups -OCH3 is 1. The molecule has 0 bridgehead atoms. The average Bonchev–Trinajstić information content (AvgIpc) is 2.14. The van der Waals surface area contributed by atoms with Gasteiger partial charge in [0.1, 0.15) is 11.9 Å². The number of hydrogen-bond acceptors (Lipinski definition) is 5. The lowest BCUT2D eigenvalue weighted by Crippen LogP contribution is -2.49. The molecule has 1 rings (SSSR count).